The molecule has 0 saturated carbocycles. The van der Waals surface area contributed by atoms with Gasteiger partial charge < -0.3 is 0 Å². The molecule has 10 heteroatoms. The quantitative estimate of drug-likeness (QED) is 0.340. The number of carbonyl (C=O) groups is 2. The monoisotopic (exact) mass is 470 g/mol. The molecule has 4 heterocycles. The molecule has 150 valence electrons. The van der Waals surface area contributed by atoms with Gasteiger partial charge in [-0.05, 0) is 35.0 Å². The second-order valence-corrected chi connectivity index (χ2v) is 9.43. The first-order chi connectivity index (χ1) is 14.7. The van der Waals surface area contributed by atoms with E-state index in [1.165, 1.54) is 34.8 Å². The van der Waals surface area contributed by atoms with Crippen LogP contribution in [0.1, 0.15) is 9.75 Å². The third kappa shape index (κ3) is 5.57. The maximum atomic E-state index is 12.0. The number of hydrogen-bond acceptors (Lipinski definition) is 8. The molecule has 0 aromatic carbocycles. The number of thiazole rings is 2. The average molecular weight is 471 g/mol. The van der Waals surface area contributed by atoms with Crippen LogP contribution in [0.25, 0.3) is 23.5 Å². The van der Waals surface area contributed by atoms with E-state index in [1.807, 2.05) is 45.8 Å². The third-order valence-electron chi connectivity index (χ3n) is 3.62. The fraction of sp³-hybridized carbons (Fsp3) is 0. The van der Waals surface area contributed by atoms with Crippen LogP contribution in [0.5, 0.6) is 0 Å². The molecule has 0 bridgehead atoms. The fourth-order valence-electron chi connectivity index (χ4n) is 2.28. The maximum absolute atomic E-state index is 12.0. The molecule has 0 saturated heterocycles. The summed E-state index contributed by atoms with van der Waals surface area (Å²) in [4.78, 5) is 34.9. The first kappa shape index (κ1) is 20.4. The van der Waals surface area contributed by atoms with E-state index < -0.39 is 0 Å². The molecule has 4 rings (SSSR count). The van der Waals surface area contributed by atoms with Crippen LogP contribution >= 0.6 is 45.3 Å². The van der Waals surface area contributed by atoms with Crippen LogP contribution in [-0.2, 0) is 9.59 Å². The number of amides is 2. The van der Waals surface area contributed by atoms with Crippen LogP contribution in [0.4, 0.5) is 10.3 Å². The van der Waals surface area contributed by atoms with Crippen LogP contribution in [0.3, 0.4) is 0 Å². The summed E-state index contributed by atoms with van der Waals surface area (Å²) < 4.78 is 0. The van der Waals surface area contributed by atoms with Crippen molar-refractivity contribution >= 4 is 79.6 Å². The van der Waals surface area contributed by atoms with E-state index in [2.05, 4.69) is 20.6 Å². The summed E-state index contributed by atoms with van der Waals surface area (Å²) in [6, 6.07) is 7.74. The molecular formula is C20H14N4O2S4. The van der Waals surface area contributed by atoms with Gasteiger partial charge in [0.2, 0.25) is 11.8 Å². The Kier molecular flexibility index (Phi) is 6.60. The summed E-state index contributed by atoms with van der Waals surface area (Å²) >= 11 is 5.76. The Morgan fingerprint density at radius 1 is 0.733 bits per heavy atom. The van der Waals surface area contributed by atoms with Crippen LogP contribution in [0.15, 0.2) is 57.9 Å². The van der Waals surface area contributed by atoms with Gasteiger partial charge in [0.15, 0.2) is 10.3 Å². The van der Waals surface area contributed by atoms with Gasteiger partial charge >= 0.3 is 0 Å². The van der Waals surface area contributed by atoms with Gasteiger partial charge in [0.05, 0.1) is 0 Å². The van der Waals surface area contributed by atoms with Crippen LogP contribution < -0.4 is 10.6 Å². The Morgan fingerprint density at radius 2 is 1.20 bits per heavy atom. The number of thiophene rings is 2. The average Bonchev–Trinajstić information content (AvgIpc) is 3.53. The van der Waals surface area contributed by atoms with Crippen molar-refractivity contribution < 1.29 is 9.59 Å². The van der Waals surface area contributed by atoms with Crippen LogP contribution in [-0.4, -0.2) is 21.8 Å². The molecular weight excluding hydrogens is 457 g/mol. The third-order valence-corrected chi connectivity index (χ3v) is 6.81. The molecule has 0 fully saturated rings. The van der Waals surface area contributed by atoms with Crippen molar-refractivity contribution in [2.24, 2.45) is 0 Å². The SMILES string of the molecule is O=C(/C=C/c1cccs1)Nc1nc(-c2csc(NC(=O)/C=C/c3cccs3)n2)cs1. The van der Waals surface area contributed by atoms with Gasteiger partial charge in [0.1, 0.15) is 11.4 Å². The van der Waals surface area contributed by atoms with Gasteiger partial charge in [0.25, 0.3) is 0 Å². The number of nitrogens with zero attached hydrogens (tertiary/aromatic N) is 2. The Hall–Kier alpha value is -2.92. The second-order valence-electron chi connectivity index (χ2n) is 5.75. The van der Waals surface area contributed by atoms with E-state index in [9.17, 15) is 9.59 Å². The molecule has 6 nitrogen and oxygen atoms in total. The number of anilines is 2. The summed E-state index contributed by atoms with van der Waals surface area (Å²) in [6.07, 6.45) is 6.48. The normalized spacial score (nSPS) is 11.3. The Morgan fingerprint density at radius 3 is 1.60 bits per heavy atom. The molecule has 0 radical (unpaired) electrons. The summed E-state index contributed by atoms with van der Waals surface area (Å²) in [7, 11) is 0. The van der Waals surface area contributed by atoms with Crippen molar-refractivity contribution in [3.05, 3.63) is 67.7 Å². The topological polar surface area (TPSA) is 84.0 Å². The molecule has 0 aliphatic heterocycles. The summed E-state index contributed by atoms with van der Waals surface area (Å²) in [5.41, 5.74) is 1.28. The molecule has 0 atom stereocenters. The largest absolute Gasteiger partial charge is 0.298 e. The van der Waals surface area contributed by atoms with E-state index in [0.717, 1.165) is 9.75 Å². The minimum absolute atomic E-state index is 0.243. The maximum Gasteiger partial charge on any atom is 0.250 e. The van der Waals surface area contributed by atoms with Gasteiger partial charge in [-0.25, -0.2) is 9.97 Å². The zero-order chi connectivity index (χ0) is 20.8. The van der Waals surface area contributed by atoms with Gasteiger partial charge in [-0.15, -0.1) is 45.3 Å². The standard InChI is InChI=1S/C20H14N4O2S4/c25-17(7-5-13-3-1-9-27-13)23-19-21-15(11-29-19)16-12-30-20(22-16)24-18(26)8-6-14-4-2-10-28-14/h1-12H,(H,21,23,25)(H,22,24,26)/b7-5+,8-6+. The lowest BCUT2D eigenvalue weighted by molar-refractivity contribution is -0.112. The van der Waals surface area contributed by atoms with E-state index in [0.29, 0.717) is 21.7 Å². The first-order valence-electron chi connectivity index (χ1n) is 8.62. The Bertz CT molecular complexity index is 1090. The first-order valence-corrected chi connectivity index (χ1v) is 12.1. The highest BCUT2D eigenvalue weighted by Crippen LogP contribution is 2.28. The molecule has 0 aliphatic rings. The number of rotatable bonds is 7. The highest BCUT2D eigenvalue weighted by Gasteiger charge is 2.11. The van der Waals surface area contributed by atoms with E-state index in [4.69, 9.17) is 0 Å². The zero-order valence-electron chi connectivity index (χ0n) is 15.3. The minimum Gasteiger partial charge on any atom is -0.298 e. The van der Waals surface area contributed by atoms with Crippen molar-refractivity contribution in [1.29, 1.82) is 0 Å². The molecule has 2 N–H and O–H groups in total. The van der Waals surface area contributed by atoms with Gasteiger partial charge in [-0.3, -0.25) is 20.2 Å². The Labute approximate surface area is 188 Å². The minimum atomic E-state index is -0.243. The van der Waals surface area contributed by atoms with Crippen LogP contribution in [0.2, 0.25) is 0 Å². The highest BCUT2D eigenvalue weighted by molar-refractivity contribution is 7.15. The molecule has 0 spiro atoms. The second kappa shape index (κ2) is 9.72. The van der Waals surface area contributed by atoms with Crippen molar-refractivity contribution in [1.82, 2.24) is 9.97 Å². The lowest BCUT2D eigenvalue weighted by Gasteiger charge is -1.96. The smallest absolute Gasteiger partial charge is 0.250 e. The van der Waals surface area contributed by atoms with Crippen molar-refractivity contribution in [3.8, 4) is 11.4 Å². The summed E-state index contributed by atoms with van der Waals surface area (Å²) in [5, 5.41) is 14.0. The van der Waals surface area contributed by atoms with E-state index >= 15 is 0 Å². The van der Waals surface area contributed by atoms with Gasteiger partial charge in [-0.2, -0.15) is 0 Å². The number of nitrogens with one attached hydrogen (secondary N) is 2. The molecule has 2 amide bonds. The predicted octanol–water partition coefficient (Wildman–Crippen LogP) is 5.69. The van der Waals surface area contributed by atoms with Crippen molar-refractivity contribution in [2.45, 2.75) is 0 Å². The van der Waals surface area contributed by atoms with Crippen molar-refractivity contribution in [3.63, 3.8) is 0 Å². The highest BCUT2D eigenvalue weighted by atomic mass is 32.1. The summed E-state index contributed by atoms with van der Waals surface area (Å²) in [5.74, 6) is -0.485. The Balaban J connectivity index is 1.34. The number of carbonyl (C=O) groups excluding carboxylic acids is 2. The lowest BCUT2D eigenvalue weighted by Crippen LogP contribution is -2.07. The van der Waals surface area contributed by atoms with Crippen molar-refractivity contribution in [2.75, 3.05) is 10.6 Å². The molecule has 0 aliphatic carbocycles. The zero-order valence-corrected chi connectivity index (χ0v) is 18.5. The fourth-order valence-corrected chi connectivity index (χ4v) is 4.93. The molecule has 4 aromatic rings. The molecule has 4 aromatic heterocycles. The van der Waals surface area contributed by atoms with E-state index in [1.54, 1.807) is 34.8 Å². The molecule has 30 heavy (non-hydrogen) atoms. The van der Waals surface area contributed by atoms with Gasteiger partial charge in [0, 0.05) is 32.7 Å². The molecule has 0 unspecified atom stereocenters. The number of hydrogen-bond donors (Lipinski definition) is 2. The van der Waals surface area contributed by atoms with Gasteiger partial charge in [-0.1, -0.05) is 12.1 Å². The summed E-state index contributed by atoms with van der Waals surface area (Å²) in [6.45, 7) is 0. The van der Waals surface area contributed by atoms with E-state index in [-0.39, 0.29) is 11.8 Å². The predicted molar refractivity (Wildman–Crippen MR) is 127 cm³/mol. The number of aromatic nitrogens is 2. The van der Waals surface area contributed by atoms with Crippen LogP contribution in [0, 0.1) is 0 Å². The lowest BCUT2D eigenvalue weighted by atomic mass is 10.4.